The van der Waals surface area contributed by atoms with Crippen LogP contribution in [-0.2, 0) is 6.42 Å². The Balaban J connectivity index is 2.16. The van der Waals surface area contributed by atoms with Crippen LogP contribution < -0.4 is 10.2 Å². The van der Waals surface area contributed by atoms with Gasteiger partial charge < -0.3 is 10.2 Å². The smallest absolute Gasteiger partial charge is 0.157 e. The van der Waals surface area contributed by atoms with Gasteiger partial charge in [0.25, 0.3) is 0 Å². The molecule has 2 N–H and O–H groups in total. The van der Waals surface area contributed by atoms with Gasteiger partial charge >= 0.3 is 0 Å². The molecule has 0 unspecified atom stereocenters. The highest BCUT2D eigenvalue weighted by atomic mass is 15.3. The van der Waals surface area contributed by atoms with E-state index in [2.05, 4.69) is 40.6 Å². The van der Waals surface area contributed by atoms with E-state index in [1.165, 1.54) is 11.4 Å². The van der Waals surface area contributed by atoms with E-state index < -0.39 is 0 Å². The molecule has 1 aliphatic heterocycles. The molecule has 1 fully saturated rings. The number of quaternary nitrogens is 1. The molecule has 1 aliphatic rings. The zero-order valence-corrected chi connectivity index (χ0v) is 14.2. The second-order valence-electron chi connectivity index (χ2n) is 6.38. The van der Waals surface area contributed by atoms with E-state index in [0.717, 1.165) is 54.8 Å². The van der Waals surface area contributed by atoms with Crippen LogP contribution in [0.25, 0.3) is 16.7 Å². The number of fused-ring (bicyclic) bond motifs is 3. The third-order valence-electron chi connectivity index (χ3n) is 5.06. The summed E-state index contributed by atoms with van der Waals surface area (Å²) in [5.74, 6) is 1.23. The molecule has 24 heavy (non-hydrogen) atoms. The molecule has 0 atom stereocenters. The number of hydrogen-bond acceptors (Lipinski definition) is 3. The van der Waals surface area contributed by atoms with Crippen molar-refractivity contribution in [3.05, 3.63) is 41.0 Å². The van der Waals surface area contributed by atoms with Crippen LogP contribution in [0.1, 0.15) is 23.6 Å². The third-order valence-corrected chi connectivity index (χ3v) is 5.06. The SMILES string of the molecule is CCc1c(C)c(C#N)c2nc3ccccc3n2c1N1CC[NH2+]CC1. The van der Waals surface area contributed by atoms with E-state index in [0.29, 0.717) is 5.56 Å². The first kappa shape index (κ1) is 15.0. The average molecular weight is 320 g/mol. The predicted octanol–water partition coefficient (Wildman–Crippen LogP) is 1.61. The Morgan fingerprint density at radius 3 is 2.71 bits per heavy atom. The van der Waals surface area contributed by atoms with Gasteiger partial charge in [0, 0.05) is 0 Å². The summed E-state index contributed by atoms with van der Waals surface area (Å²) in [5, 5.41) is 12.1. The van der Waals surface area contributed by atoms with Crippen molar-refractivity contribution in [1.82, 2.24) is 9.38 Å². The van der Waals surface area contributed by atoms with Crippen molar-refractivity contribution in [3.63, 3.8) is 0 Å². The monoisotopic (exact) mass is 320 g/mol. The maximum atomic E-state index is 9.74. The van der Waals surface area contributed by atoms with Gasteiger partial charge in [-0.05, 0) is 36.6 Å². The molecule has 3 heterocycles. The van der Waals surface area contributed by atoms with Crippen molar-refractivity contribution in [2.45, 2.75) is 20.3 Å². The summed E-state index contributed by atoms with van der Waals surface area (Å²) >= 11 is 0. The van der Waals surface area contributed by atoms with Crippen molar-refractivity contribution in [3.8, 4) is 6.07 Å². The topological polar surface area (TPSA) is 60.9 Å². The number of aromatic nitrogens is 2. The zero-order chi connectivity index (χ0) is 16.7. The normalized spacial score (nSPS) is 15.1. The van der Waals surface area contributed by atoms with Crippen molar-refractivity contribution >= 4 is 22.5 Å². The Morgan fingerprint density at radius 1 is 1.25 bits per heavy atom. The summed E-state index contributed by atoms with van der Waals surface area (Å²) in [6.07, 6.45) is 0.915. The van der Waals surface area contributed by atoms with Crippen molar-refractivity contribution in [1.29, 1.82) is 5.26 Å². The van der Waals surface area contributed by atoms with E-state index in [1.54, 1.807) is 0 Å². The van der Waals surface area contributed by atoms with Gasteiger partial charge in [0.15, 0.2) is 5.65 Å². The van der Waals surface area contributed by atoms with Crippen LogP contribution in [0.4, 0.5) is 5.82 Å². The van der Waals surface area contributed by atoms with Gasteiger partial charge in [-0.2, -0.15) is 5.26 Å². The quantitative estimate of drug-likeness (QED) is 0.780. The summed E-state index contributed by atoms with van der Waals surface area (Å²) < 4.78 is 2.21. The highest BCUT2D eigenvalue weighted by Crippen LogP contribution is 2.33. The predicted molar refractivity (Wildman–Crippen MR) is 95.4 cm³/mol. The molecule has 1 saturated heterocycles. The molecular formula is C19H22N5+. The summed E-state index contributed by atoms with van der Waals surface area (Å²) in [6.45, 7) is 8.51. The number of rotatable bonds is 2. The Bertz CT molecular complexity index is 957. The minimum atomic E-state index is 0.704. The Morgan fingerprint density at radius 2 is 2.00 bits per heavy atom. The number of nitrogens with two attached hydrogens (primary N) is 1. The van der Waals surface area contributed by atoms with Crippen LogP contribution >= 0.6 is 0 Å². The van der Waals surface area contributed by atoms with Crippen LogP contribution in [0.3, 0.4) is 0 Å². The van der Waals surface area contributed by atoms with Crippen LogP contribution in [0.2, 0.25) is 0 Å². The molecule has 1 aromatic carbocycles. The molecule has 5 heteroatoms. The second kappa shape index (κ2) is 5.81. The summed E-state index contributed by atoms with van der Waals surface area (Å²) in [4.78, 5) is 7.25. The number of nitriles is 1. The molecule has 0 aliphatic carbocycles. The molecule has 0 saturated carbocycles. The van der Waals surface area contributed by atoms with Crippen LogP contribution in [-0.4, -0.2) is 35.6 Å². The van der Waals surface area contributed by atoms with Gasteiger partial charge in [0.1, 0.15) is 11.9 Å². The summed E-state index contributed by atoms with van der Waals surface area (Å²) in [6, 6.07) is 10.6. The second-order valence-corrected chi connectivity index (χ2v) is 6.38. The highest BCUT2D eigenvalue weighted by molar-refractivity contribution is 5.86. The molecule has 0 bridgehead atoms. The van der Waals surface area contributed by atoms with Gasteiger partial charge in [-0.15, -0.1) is 0 Å². The standard InChI is InChI=1S/C19H21N5/c1-3-14-13(2)15(12-20)18-22-16-6-4-5-7-17(16)24(18)19(14)23-10-8-21-9-11-23/h4-7,21H,3,8-11H2,1-2H3/p+1. The van der Waals surface area contributed by atoms with Crippen molar-refractivity contribution < 1.29 is 5.32 Å². The lowest BCUT2D eigenvalue weighted by molar-refractivity contribution is -0.655. The van der Waals surface area contributed by atoms with E-state index in [1.807, 2.05) is 18.2 Å². The first-order chi connectivity index (χ1) is 11.8. The number of piperazine rings is 1. The maximum absolute atomic E-state index is 9.74. The first-order valence-electron chi connectivity index (χ1n) is 8.65. The molecular weight excluding hydrogens is 298 g/mol. The van der Waals surface area contributed by atoms with Crippen LogP contribution in [0.15, 0.2) is 24.3 Å². The van der Waals surface area contributed by atoms with E-state index in [4.69, 9.17) is 4.98 Å². The lowest BCUT2D eigenvalue weighted by atomic mass is 10.0. The highest BCUT2D eigenvalue weighted by Gasteiger charge is 2.24. The van der Waals surface area contributed by atoms with Crippen LogP contribution in [0.5, 0.6) is 0 Å². The first-order valence-corrected chi connectivity index (χ1v) is 8.65. The fraction of sp³-hybridized carbons (Fsp3) is 0.368. The van der Waals surface area contributed by atoms with Gasteiger partial charge in [-0.1, -0.05) is 19.1 Å². The average Bonchev–Trinajstić information content (AvgIpc) is 3.00. The lowest BCUT2D eigenvalue weighted by Crippen LogP contribution is -2.89. The Hall–Kier alpha value is -2.58. The summed E-state index contributed by atoms with van der Waals surface area (Å²) in [7, 11) is 0. The van der Waals surface area contributed by atoms with Crippen molar-refractivity contribution in [2.24, 2.45) is 0 Å². The van der Waals surface area contributed by atoms with Gasteiger partial charge in [0.2, 0.25) is 0 Å². The number of benzene rings is 1. The molecule has 3 aromatic rings. The summed E-state index contributed by atoms with van der Waals surface area (Å²) in [5.41, 5.74) is 5.87. The molecule has 4 rings (SSSR count). The number of pyridine rings is 1. The fourth-order valence-electron chi connectivity index (χ4n) is 3.88. The number of hydrogen-bond donors (Lipinski definition) is 1. The van der Waals surface area contributed by atoms with E-state index in [-0.39, 0.29) is 0 Å². The van der Waals surface area contributed by atoms with Gasteiger partial charge in [0.05, 0.1) is 42.8 Å². The zero-order valence-electron chi connectivity index (χ0n) is 14.2. The maximum Gasteiger partial charge on any atom is 0.157 e. The van der Waals surface area contributed by atoms with Crippen molar-refractivity contribution in [2.75, 3.05) is 31.1 Å². The number of imidazole rings is 1. The minimum absolute atomic E-state index is 0.704. The molecule has 0 spiro atoms. The molecule has 0 amide bonds. The van der Waals surface area contributed by atoms with E-state index >= 15 is 0 Å². The minimum Gasteiger partial charge on any atom is -0.346 e. The molecule has 0 radical (unpaired) electrons. The fourth-order valence-corrected chi connectivity index (χ4v) is 3.88. The molecule has 122 valence electrons. The number of anilines is 1. The Kier molecular flexibility index (Phi) is 3.62. The number of para-hydroxylation sites is 2. The van der Waals surface area contributed by atoms with Gasteiger partial charge in [-0.3, -0.25) is 4.40 Å². The number of nitrogens with zero attached hydrogens (tertiary/aromatic N) is 4. The van der Waals surface area contributed by atoms with Crippen LogP contribution in [0, 0.1) is 18.3 Å². The van der Waals surface area contributed by atoms with Gasteiger partial charge in [-0.25, -0.2) is 4.98 Å². The lowest BCUT2D eigenvalue weighted by Gasteiger charge is -2.31. The largest absolute Gasteiger partial charge is 0.346 e. The third kappa shape index (κ3) is 2.07. The Labute approximate surface area is 141 Å². The molecule has 5 nitrogen and oxygen atoms in total. The van der Waals surface area contributed by atoms with E-state index in [9.17, 15) is 5.26 Å². The molecule has 2 aromatic heterocycles.